The van der Waals surface area contributed by atoms with Crippen molar-refractivity contribution in [1.29, 1.82) is 0 Å². The molecular weight excluding hydrogens is 258 g/mol. The molecule has 1 atom stereocenters. The van der Waals surface area contributed by atoms with Crippen molar-refractivity contribution in [2.24, 2.45) is 5.92 Å². The van der Waals surface area contributed by atoms with Crippen LogP contribution in [0.4, 0.5) is 0 Å². The zero-order valence-corrected chi connectivity index (χ0v) is 13.7. The van der Waals surface area contributed by atoms with Gasteiger partial charge in [-0.2, -0.15) is 0 Å². The molecule has 0 aromatic heterocycles. The first-order chi connectivity index (χ1) is 10.1. The standard InChI is InChI=1S/C19H29NO/c1-15(2)14-21-19-10-8-18(9-11-19)16(3)20-13-12-17-6-4-5-7-17/h6,8-11,15-16,20H,4-5,7,12-14H2,1-3H3. The quantitative estimate of drug-likeness (QED) is 0.689. The lowest BCUT2D eigenvalue weighted by atomic mass is 10.1. The summed E-state index contributed by atoms with van der Waals surface area (Å²) in [6, 6.07) is 8.89. The minimum Gasteiger partial charge on any atom is -0.493 e. The summed E-state index contributed by atoms with van der Waals surface area (Å²) in [5.74, 6) is 1.53. The summed E-state index contributed by atoms with van der Waals surface area (Å²) in [5, 5.41) is 3.61. The largest absolute Gasteiger partial charge is 0.493 e. The average molecular weight is 287 g/mol. The predicted octanol–water partition coefficient (Wildman–Crippen LogP) is 4.87. The van der Waals surface area contributed by atoms with Crippen LogP contribution in [0.2, 0.25) is 0 Å². The van der Waals surface area contributed by atoms with Crippen LogP contribution in [0.5, 0.6) is 5.75 Å². The zero-order valence-electron chi connectivity index (χ0n) is 13.7. The maximum absolute atomic E-state index is 5.72. The van der Waals surface area contributed by atoms with E-state index >= 15 is 0 Å². The van der Waals surface area contributed by atoms with E-state index in [1.165, 1.54) is 31.2 Å². The van der Waals surface area contributed by atoms with Gasteiger partial charge in [0.05, 0.1) is 6.61 Å². The van der Waals surface area contributed by atoms with Gasteiger partial charge in [-0.05, 0) is 62.8 Å². The maximum atomic E-state index is 5.72. The fraction of sp³-hybridized carbons (Fsp3) is 0.579. The summed E-state index contributed by atoms with van der Waals surface area (Å²) >= 11 is 0. The molecule has 116 valence electrons. The van der Waals surface area contributed by atoms with Gasteiger partial charge in [0, 0.05) is 6.04 Å². The van der Waals surface area contributed by atoms with Crippen molar-refractivity contribution in [3.05, 3.63) is 41.5 Å². The minimum absolute atomic E-state index is 0.395. The molecule has 0 saturated heterocycles. The Hall–Kier alpha value is -1.28. The third kappa shape index (κ3) is 5.55. The lowest BCUT2D eigenvalue weighted by Crippen LogP contribution is -2.20. The van der Waals surface area contributed by atoms with Gasteiger partial charge < -0.3 is 10.1 Å². The summed E-state index contributed by atoms with van der Waals surface area (Å²) < 4.78 is 5.72. The molecule has 2 nitrogen and oxygen atoms in total. The maximum Gasteiger partial charge on any atom is 0.119 e. The normalized spacial score (nSPS) is 16.1. The Balaban J connectivity index is 1.75. The molecule has 1 N–H and O–H groups in total. The molecular formula is C19H29NO. The van der Waals surface area contributed by atoms with Crippen molar-refractivity contribution in [2.75, 3.05) is 13.2 Å². The zero-order chi connectivity index (χ0) is 15.1. The number of benzene rings is 1. The number of allylic oxidation sites excluding steroid dienone is 1. The van der Waals surface area contributed by atoms with Crippen molar-refractivity contribution < 1.29 is 4.74 Å². The van der Waals surface area contributed by atoms with Crippen molar-refractivity contribution in [3.63, 3.8) is 0 Å². The summed E-state index contributed by atoms with van der Waals surface area (Å²) in [5.41, 5.74) is 2.96. The summed E-state index contributed by atoms with van der Waals surface area (Å²) in [4.78, 5) is 0. The number of rotatable bonds is 8. The average Bonchev–Trinajstić information content (AvgIpc) is 2.99. The Labute approximate surface area is 129 Å². The second-order valence-corrected chi connectivity index (χ2v) is 6.45. The van der Waals surface area contributed by atoms with Crippen LogP contribution < -0.4 is 10.1 Å². The second-order valence-electron chi connectivity index (χ2n) is 6.45. The number of hydrogen-bond acceptors (Lipinski definition) is 2. The van der Waals surface area contributed by atoms with E-state index < -0.39 is 0 Å². The molecule has 1 aliphatic rings. The van der Waals surface area contributed by atoms with Crippen LogP contribution >= 0.6 is 0 Å². The van der Waals surface area contributed by atoms with Crippen LogP contribution in [-0.2, 0) is 0 Å². The Bertz CT molecular complexity index is 447. The molecule has 0 heterocycles. The van der Waals surface area contributed by atoms with Crippen LogP contribution in [0.3, 0.4) is 0 Å². The van der Waals surface area contributed by atoms with E-state index in [0.717, 1.165) is 18.9 Å². The highest BCUT2D eigenvalue weighted by Crippen LogP contribution is 2.21. The SMILES string of the molecule is CC(C)COc1ccc(C(C)NCCC2=CCCC2)cc1. The first kappa shape index (κ1) is 16.1. The van der Waals surface area contributed by atoms with E-state index in [1.807, 2.05) is 0 Å². The Morgan fingerprint density at radius 3 is 2.52 bits per heavy atom. The van der Waals surface area contributed by atoms with E-state index in [9.17, 15) is 0 Å². The first-order valence-corrected chi connectivity index (χ1v) is 8.29. The molecule has 2 heteroatoms. The van der Waals surface area contributed by atoms with Gasteiger partial charge in [-0.15, -0.1) is 0 Å². The summed E-state index contributed by atoms with van der Waals surface area (Å²) in [7, 11) is 0. The number of nitrogens with one attached hydrogen (secondary N) is 1. The molecule has 1 unspecified atom stereocenters. The van der Waals surface area contributed by atoms with Gasteiger partial charge in [-0.25, -0.2) is 0 Å². The second kappa shape index (κ2) is 8.23. The van der Waals surface area contributed by atoms with Crippen molar-refractivity contribution in [3.8, 4) is 5.75 Å². The van der Waals surface area contributed by atoms with Gasteiger partial charge in [0.2, 0.25) is 0 Å². The molecule has 2 rings (SSSR count). The van der Waals surface area contributed by atoms with Gasteiger partial charge in [0.25, 0.3) is 0 Å². The fourth-order valence-electron chi connectivity index (χ4n) is 2.65. The van der Waals surface area contributed by atoms with Crippen LogP contribution in [0.15, 0.2) is 35.9 Å². The van der Waals surface area contributed by atoms with E-state index in [2.05, 4.69) is 56.4 Å². The molecule has 1 aromatic rings. The van der Waals surface area contributed by atoms with Gasteiger partial charge in [-0.3, -0.25) is 0 Å². The van der Waals surface area contributed by atoms with Crippen LogP contribution in [0.25, 0.3) is 0 Å². The Kier molecular flexibility index (Phi) is 6.31. The number of ether oxygens (including phenoxy) is 1. The monoisotopic (exact) mass is 287 g/mol. The molecule has 1 aliphatic carbocycles. The molecule has 0 saturated carbocycles. The predicted molar refractivity (Wildman–Crippen MR) is 89.7 cm³/mol. The van der Waals surface area contributed by atoms with Crippen molar-refractivity contribution in [2.45, 2.75) is 52.5 Å². The molecule has 0 amide bonds. The fourth-order valence-corrected chi connectivity index (χ4v) is 2.65. The molecule has 1 aromatic carbocycles. The van der Waals surface area contributed by atoms with Crippen molar-refractivity contribution >= 4 is 0 Å². The Morgan fingerprint density at radius 1 is 1.14 bits per heavy atom. The third-order valence-electron chi connectivity index (χ3n) is 4.00. The lowest BCUT2D eigenvalue weighted by molar-refractivity contribution is 0.271. The third-order valence-corrected chi connectivity index (χ3v) is 4.00. The molecule has 0 aliphatic heterocycles. The van der Waals surface area contributed by atoms with Gasteiger partial charge in [-0.1, -0.05) is 37.6 Å². The van der Waals surface area contributed by atoms with Gasteiger partial charge >= 0.3 is 0 Å². The van der Waals surface area contributed by atoms with E-state index in [4.69, 9.17) is 4.74 Å². The topological polar surface area (TPSA) is 21.3 Å². The first-order valence-electron chi connectivity index (χ1n) is 8.29. The smallest absolute Gasteiger partial charge is 0.119 e. The molecule has 21 heavy (non-hydrogen) atoms. The van der Waals surface area contributed by atoms with Crippen LogP contribution in [0.1, 0.15) is 58.1 Å². The minimum atomic E-state index is 0.395. The highest BCUT2D eigenvalue weighted by atomic mass is 16.5. The van der Waals surface area contributed by atoms with E-state index in [-0.39, 0.29) is 0 Å². The van der Waals surface area contributed by atoms with Crippen LogP contribution in [0, 0.1) is 5.92 Å². The Morgan fingerprint density at radius 2 is 1.90 bits per heavy atom. The highest BCUT2D eigenvalue weighted by Gasteiger charge is 2.07. The van der Waals surface area contributed by atoms with Gasteiger partial charge in [0.15, 0.2) is 0 Å². The summed E-state index contributed by atoms with van der Waals surface area (Å²) in [6.07, 6.45) is 7.54. The lowest BCUT2D eigenvalue weighted by Gasteiger charge is -2.15. The molecule has 0 radical (unpaired) electrons. The summed E-state index contributed by atoms with van der Waals surface area (Å²) in [6.45, 7) is 8.41. The number of hydrogen-bond donors (Lipinski definition) is 1. The van der Waals surface area contributed by atoms with E-state index in [1.54, 1.807) is 5.57 Å². The van der Waals surface area contributed by atoms with Gasteiger partial charge in [0.1, 0.15) is 5.75 Å². The van der Waals surface area contributed by atoms with E-state index in [0.29, 0.717) is 12.0 Å². The molecule has 0 spiro atoms. The van der Waals surface area contributed by atoms with Crippen LogP contribution in [-0.4, -0.2) is 13.2 Å². The highest BCUT2D eigenvalue weighted by molar-refractivity contribution is 5.29. The molecule has 0 fully saturated rings. The van der Waals surface area contributed by atoms with Crippen molar-refractivity contribution in [1.82, 2.24) is 5.32 Å². The molecule has 0 bridgehead atoms.